The minimum absolute atomic E-state index is 0.0164. The van der Waals surface area contributed by atoms with Crippen molar-refractivity contribution in [1.82, 2.24) is 19.7 Å². The van der Waals surface area contributed by atoms with Crippen LogP contribution in [0.15, 0.2) is 17.8 Å². The first-order chi connectivity index (χ1) is 11.0. The summed E-state index contributed by atoms with van der Waals surface area (Å²) in [5, 5.41) is 17.0. The molecule has 1 N–H and O–H groups in total. The van der Waals surface area contributed by atoms with Gasteiger partial charge in [-0.15, -0.1) is 22.7 Å². The van der Waals surface area contributed by atoms with Crippen LogP contribution in [0.2, 0.25) is 5.02 Å². The first kappa shape index (κ1) is 16.3. The lowest BCUT2D eigenvalue weighted by Gasteiger charge is -1.98. The molecule has 0 bridgehead atoms. The molecule has 0 saturated carbocycles. The molecule has 0 aliphatic carbocycles. The van der Waals surface area contributed by atoms with Gasteiger partial charge in [-0.05, 0) is 6.92 Å². The number of aliphatic hydroxyl groups excluding tert-OH is 1. The van der Waals surface area contributed by atoms with Crippen LogP contribution >= 0.6 is 34.3 Å². The van der Waals surface area contributed by atoms with Crippen LogP contribution in [0.25, 0.3) is 10.6 Å². The summed E-state index contributed by atoms with van der Waals surface area (Å²) < 4.78 is 1.51. The molecule has 6 nitrogen and oxygen atoms in total. The van der Waals surface area contributed by atoms with Crippen LogP contribution in [0, 0.1) is 6.92 Å². The van der Waals surface area contributed by atoms with Gasteiger partial charge in [-0.1, -0.05) is 11.6 Å². The van der Waals surface area contributed by atoms with E-state index in [0.717, 1.165) is 21.3 Å². The number of thiazole rings is 2. The van der Waals surface area contributed by atoms with E-state index in [1.165, 1.54) is 33.6 Å². The monoisotopic (exact) mass is 368 g/mol. The largest absolute Gasteiger partial charge is 0.389 e. The number of halogens is 1. The molecule has 0 unspecified atom stereocenters. The first-order valence-electron chi connectivity index (χ1n) is 6.76. The van der Waals surface area contributed by atoms with Crippen LogP contribution in [0.4, 0.5) is 0 Å². The van der Waals surface area contributed by atoms with Crippen LogP contribution in [-0.4, -0.2) is 30.6 Å². The highest BCUT2D eigenvalue weighted by Crippen LogP contribution is 2.31. The molecule has 120 valence electrons. The highest BCUT2D eigenvalue weighted by molar-refractivity contribution is 7.16. The standard InChI is InChI=1S/C14H13ClN4O2S2/c1-8-14(23-13(6-20)17-8)11-7-22-12(18-11)2-10(21)5-19-4-9(15)3-16-19/h3-4,7,20H,2,5-6H2,1H3. The Kier molecular flexibility index (Phi) is 4.86. The normalized spacial score (nSPS) is 11.1. The van der Waals surface area contributed by atoms with Gasteiger partial charge in [0.1, 0.15) is 10.0 Å². The number of aliphatic hydroxyl groups is 1. The zero-order valence-electron chi connectivity index (χ0n) is 12.2. The van der Waals surface area contributed by atoms with Crippen LogP contribution < -0.4 is 0 Å². The maximum atomic E-state index is 12.1. The van der Waals surface area contributed by atoms with E-state index in [4.69, 9.17) is 16.7 Å². The molecule has 0 aliphatic heterocycles. The number of hydrogen-bond acceptors (Lipinski definition) is 7. The van der Waals surface area contributed by atoms with Gasteiger partial charge >= 0.3 is 0 Å². The highest BCUT2D eigenvalue weighted by atomic mass is 35.5. The SMILES string of the molecule is Cc1nc(CO)sc1-c1csc(CC(=O)Cn2cc(Cl)cn2)n1. The van der Waals surface area contributed by atoms with E-state index in [2.05, 4.69) is 15.1 Å². The third kappa shape index (κ3) is 3.84. The summed E-state index contributed by atoms with van der Waals surface area (Å²) in [5.41, 5.74) is 1.64. The maximum Gasteiger partial charge on any atom is 0.161 e. The van der Waals surface area contributed by atoms with Crippen molar-refractivity contribution in [3.8, 4) is 10.6 Å². The molecular formula is C14H13ClN4O2S2. The lowest BCUT2D eigenvalue weighted by molar-refractivity contribution is -0.119. The molecule has 0 radical (unpaired) electrons. The van der Waals surface area contributed by atoms with Gasteiger partial charge in [0.2, 0.25) is 0 Å². The van der Waals surface area contributed by atoms with Crippen molar-refractivity contribution in [1.29, 1.82) is 0 Å². The molecule has 0 amide bonds. The average Bonchev–Trinajstić information content (AvgIpc) is 3.20. The van der Waals surface area contributed by atoms with E-state index in [1.54, 1.807) is 6.20 Å². The number of carbonyl (C=O) groups is 1. The van der Waals surface area contributed by atoms with Gasteiger partial charge in [0, 0.05) is 11.6 Å². The van der Waals surface area contributed by atoms with Crippen molar-refractivity contribution in [3.63, 3.8) is 0 Å². The summed E-state index contributed by atoms with van der Waals surface area (Å²) in [6, 6.07) is 0. The molecule has 0 aliphatic rings. The molecule has 0 aromatic carbocycles. The van der Waals surface area contributed by atoms with E-state index < -0.39 is 0 Å². The third-order valence-corrected chi connectivity index (χ3v) is 5.26. The van der Waals surface area contributed by atoms with Crippen molar-refractivity contribution in [2.45, 2.75) is 26.5 Å². The smallest absolute Gasteiger partial charge is 0.161 e. The van der Waals surface area contributed by atoms with Crippen molar-refractivity contribution < 1.29 is 9.90 Å². The number of aryl methyl sites for hydroxylation is 1. The molecule has 23 heavy (non-hydrogen) atoms. The van der Waals surface area contributed by atoms with Crippen molar-refractivity contribution >= 4 is 40.1 Å². The summed E-state index contributed by atoms with van der Waals surface area (Å²) in [6.45, 7) is 1.99. The Labute approximate surface area is 145 Å². The van der Waals surface area contributed by atoms with E-state index >= 15 is 0 Å². The lowest BCUT2D eigenvalue weighted by atomic mass is 10.3. The van der Waals surface area contributed by atoms with Crippen molar-refractivity contribution in [3.05, 3.63) is 38.5 Å². The molecule has 0 saturated heterocycles. The van der Waals surface area contributed by atoms with Gasteiger partial charge in [-0.2, -0.15) is 5.10 Å². The zero-order valence-corrected chi connectivity index (χ0v) is 14.6. The number of Topliss-reactive ketones (excluding diaryl/α,β-unsaturated/α-hetero) is 1. The minimum atomic E-state index is -0.0760. The van der Waals surface area contributed by atoms with Crippen LogP contribution in [0.5, 0.6) is 0 Å². The fourth-order valence-electron chi connectivity index (χ4n) is 2.08. The number of carbonyl (C=O) groups excluding carboxylic acids is 1. The molecular weight excluding hydrogens is 356 g/mol. The Balaban J connectivity index is 1.69. The molecule has 9 heteroatoms. The number of ketones is 1. The Morgan fingerprint density at radius 1 is 1.39 bits per heavy atom. The number of hydrogen-bond donors (Lipinski definition) is 1. The fourth-order valence-corrected chi connectivity index (χ4v) is 4.01. The van der Waals surface area contributed by atoms with E-state index in [0.29, 0.717) is 10.0 Å². The Bertz CT molecular complexity index is 840. The van der Waals surface area contributed by atoms with Crippen LogP contribution in [0.1, 0.15) is 15.7 Å². The van der Waals surface area contributed by atoms with Crippen LogP contribution in [0.3, 0.4) is 0 Å². The third-order valence-electron chi connectivity index (χ3n) is 3.05. The van der Waals surface area contributed by atoms with Gasteiger partial charge in [-0.25, -0.2) is 9.97 Å². The highest BCUT2D eigenvalue weighted by Gasteiger charge is 2.14. The van der Waals surface area contributed by atoms with Gasteiger partial charge in [0.25, 0.3) is 0 Å². The van der Waals surface area contributed by atoms with Gasteiger partial charge in [0.05, 0.1) is 47.1 Å². The summed E-state index contributed by atoms with van der Waals surface area (Å²) in [7, 11) is 0. The fraction of sp³-hybridized carbons (Fsp3) is 0.286. The molecule has 3 heterocycles. The molecule has 0 spiro atoms. The van der Waals surface area contributed by atoms with Crippen molar-refractivity contribution in [2.24, 2.45) is 0 Å². The quantitative estimate of drug-likeness (QED) is 0.723. The second kappa shape index (κ2) is 6.88. The van der Waals surface area contributed by atoms with Crippen LogP contribution in [-0.2, 0) is 24.4 Å². The predicted octanol–water partition coefficient (Wildman–Crippen LogP) is 2.73. The van der Waals surface area contributed by atoms with Gasteiger partial charge in [0.15, 0.2) is 5.78 Å². The Morgan fingerprint density at radius 2 is 2.22 bits per heavy atom. The summed E-state index contributed by atoms with van der Waals surface area (Å²) >= 11 is 8.64. The molecule has 0 atom stereocenters. The first-order valence-corrected chi connectivity index (χ1v) is 8.84. The van der Waals surface area contributed by atoms with E-state index in [-0.39, 0.29) is 25.4 Å². The van der Waals surface area contributed by atoms with Gasteiger partial charge < -0.3 is 5.11 Å². The maximum absolute atomic E-state index is 12.1. The van der Waals surface area contributed by atoms with Gasteiger partial charge in [-0.3, -0.25) is 9.48 Å². The molecule has 3 aromatic rings. The topological polar surface area (TPSA) is 80.9 Å². The second-order valence-corrected chi connectivity index (χ2v) is 7.34. The minimum Gasteiger partial charge on any atom is -0.389 e. The summed E-state index contributed by atoms with van der Waals surface area (Å²) in [4.78, 5) is 21.8. The number of nitrogens with zero attached hydrogens (tertiary/aromatic N) is 4. The average molecular weight is 369 g/mol. The summed E-state index contributed by atoms with van der Waals surface area (Å²) in [6.07, 6.45) is 3.37. The molecule has 0 fully saturated rings. The van der Waals surface area contributed by atoms with E-state index in [1.807, 2.05) is 12.3 Å². The summed E-state index contributed by atoms with van der Waals surface area (Å²) in [5.74, 6) is 0.0164. The van der Waals surface area contributed by atoms with Crippen molar-refractivity contribution in [2.75, 3.05) is 0 Å². The molecule has 3 rings (SSSR count). The predicted molar refractivity (Wildman–Crippen MR) is 89.8 cm³/mol. The lowest BCUT2D eigenvalue weighted by Crippen LogP contribution is -2.12. The zero-order chi connectivity index (χ0) is 16.4. The Hall–Kier alpha value is -1.61. The number of aromatic nitrogens is 4. The van der Waals surface area contributed by atoms with E-state index in [9.17, 15) is 4.79 Å². The second-order valence-electron chi connectivity index (χ2n) is 4.88. The molecule has 3 aromatic heterocycles. The Morgan fingerprint density at radius 3 is 2.87 bits per heavy atom. The number of rotatable bonds is 6.